The first-order chi connectivity index (χ1) is 5.34. The third-order valence-electron chi connectivity index (χ3n) is 1.22. The molecule has 0 radical (unpaired) electrons. The van der Waals surface area contributed by atoms with Gasteiger partial charge >= 0.3 is 5.97 Å². The van der Waals surface area contributed by atoms with Crippen LogP contribution in [-0.2, 0) is 19.0 Å². The van der Waals surface area contributed by atoms with E-state index in [0.29, 0.717) is 0 Å². The molecule has 1 N–H and O–H groups in total. The van der Waals surface area contributed by atoms with Crippen molar-refractivity contribution in [3.05, 3.63) is 0 Å². The zero-order chi connectivity index (χ0) is 8.10. The van der Waals surface area contributed by atoms with Crippen LogP contribution in [0.4, 0.5) is 0 Å². The summed E-state index contributed by atoms with van der Waals surface area (Å²) in [6.07, 6.45) is -0.610. The zero-order valence-electron chi connectivity index (χ0n) is 5.99. The van der Waals surface area contributed by atoms with E-state index >= 15 is 0 Å². The molecule has 1 aliphatic heterocycles. The van der Waals surface area contributed by atoms with Gasteiger partial charge in [0.15, 0.2) is 6.10 Å². The predicted molar refractivity (Wildman–Crippen MR) is 33.7 cm³/mol. The quantitative estimate of drug-likeness (QED) is 0.533. The largest absolute Gasteiger partial charge is 0.461 e. The number of hydrogen-bond donors (Lipinski definition) is 1. The van der Waals surface area contributed by atoms with Crippen molar-refractivity contribution in [2.75, 3.05) is 26.6 Å². The summed E-state index contributed by atoms with van der Waals surface area (Å²) in [5.74, 6) is -0.475. The Morgan fingerprint density at radius 2 is 2.55 bits per heavy atom. The van der Waals surface area contributed by atoms with E-state index in [-0.39, 0.29) is 26.6 Å². The lowest BCUT2D eigenvalue weighted by Crippen LogP contribution is -2.26. The monoisotopic (exact) mass is 162 g/mol. The Balaban J connectivity index is 2.17. The number of carbonyl (C=O) groups excluding carboxylic acids is 1. The second-order valence-electron chi connectivity index (χ2n) is 2.04. The van der Waals surface area contributed by atoms with E-state index in [0.717, 1.165) is 0 Å². The highest BCUT2D eigenvalue weighted by Crippen LogP contribution is 2.04. The molecule has 0 aromatic heterocycles. The molecule has 0 aromatic carbocycles. The van der Waals surface area contributed by atoms with Gasteiger partial charge < -0.3 is 19.3 Å². The fourth-order valence-electron chi connectivity index (χ4n) is 0.709. The summed E-state index contributed by atoms with van der Waals surface area (Å²) >= 11 is 0. The van der Waals surface area contributed by atoms with E-state index < -0.39 is 12.1 Å². The average molecular weight is 162 g/mol. The van der Waals surface area contributed by atoms with E-state index in [1.165, 1.54) is 0 Å². The molecule has 1 fully saturated rings. The molecule has 11 heavy (non-hydrogen) atoms. The molecule has 5 heteroatoms. The highest BCUT2D eigenvalue weighted by molar-refractivity contribution is 5.75. The van der Waals surface area contributed by atoms with E-state index in [2.05, 4.69) is 4.74 Å². The Morgan fingerprint density at radius 3 is 3.09 bits per heavy atom. The van der Waals surface area contributed by atoms with Gasteiger partial charge in [-0.1, -0.05) is 0 Å². The second kappa shape index (κ2) is 4.27. The molecular weight excluding hydrogens is 152 g/mol. The molecule has 1 unspecified atom stereocenters. The van der Waals surface area contributed by atoms with Crippen LogP contribution in [0.3, 0.4) is 0 Å². The van der Waals surface area contributed by atoms with Gasteiger partial charge in [0.2, 0.25) is 0 Å². The minimum absolute atomic E-state index is 0.0126. The van der Waals surface area contributed by atoms with Crippen molar-refractivity contribution in [2.45, 2.75) is 6.10 Å². The number of ether oxygens (including phenoxy) is 3. The van der Waals surface area contributed by atoms with Crippen LogP contribution in [-0.4, -0.2) is 43.8 Å². The fourth-order valence-corrected chi connectivity index (χ4v) is 0.709. The van der Waals surface area contributed by atoms with E-state index in [9.17, 15) is 4.79 Å². The standard InChI is InChI=1S/C6H10O5/c7-1-2-10-6(8)5-3-9-4-11-5/h5,7H,1-4H2. The van der Waals surface area contributed by atoms with Gasteiger partial charge in [-0.05, 0) is 0 Å². The van der Waals surface area contributed by atoms with Crippen molar-refractivity contribution in [2.24, 2.45) is 0 Å². The van der Waals surface area contributed by atoms with Gasteiger partial charge in [0.1, 0.15) is 13.4 Å². The molecule has 5 nitrogen and oxygen atoms in total. The first-order valence-corrected chi connectivity index (χ1v) is 3.31. The van der Waals surface area contributed by atoms with Crippen molar-refractivity contribution >= 4 is 5.97 Å². The molecule has 0 saturated carbocycles. The van der Waals surface area contributed by atoms with Crippen LogP contribution in [0.2, 0.25) is 0 Å². The number of rotatable bonds is 3. The SMILES string of the molecule is O=C(OCCO)C1COCO1. The first-order valence-electron chi connectivity index (χ1n) is 3.31. The molecule has 0 amide bonds. The zero-order valence-corrected chi connectivity index (χ0v) is 5.99. The number of carbonyl (C=O) groups is 1. The Bertz CT molecular complexity index is 129. The molecule has 0 bridgehead atoms. The van der Waals surface area contributed by atoms with Crippen LogP contribution >= 0.6 is 0 Å². The fraction of sp³-hybridized carbons (Fsp3) is 0.833. The molecule has 1 atom stereocenters. The number of aliphatic hydroxyl groups excluding tert-OH is 1. The minimum atomic E-state index is -0.610. The first kappa shape index (κ1) is 8.45. The Morgan fingerprint density at radius 1 is 1.73 bits per heavy atom. The van der Waals surface area contributed by atoms with Gasteiger partial charge in [-0.25, -0.2) is 4.79 Å². The van der Waals surface area contributed by atoms with Crippen LogP contribution in [0.1, 0.15) is 0 Å². The van der Waals surface area contributed by atoms with Crippen LogP contribution in [0.15, 0.2) is 0 Å². The number of aliphatic hydroxyl groups is 1. The van der Waals surface area contributed by atoms with Crippen LogP contribution in [0, 0.1) is 0 Å². The number of hydrogen-bond acceptors (Lipinski definition) is 5. The summed E-state index contributed by atoms with van der Waals surface area (Å²) in [6.45, 7) is 0.223. The molecule has 1 aliphatic rings. The van der Waals surface area contributed by atoms with E-state index in [4.69, 9.17) is 14.6 Å². The third-order valence-corrected chi connectivity index (χ3v) is 1.22. The van der Waals surface area contributed by atoms with Gasteiger partial charge in [-0.15, -0.1) is 0 Å². The van der Waals surface area contributed by atoms with Gasteiger partial charge in [-0.2, -0.15) is 0 Å². The smallest absolute Gasteiger partial charge is 0.337 e. The van der Waals surface area contributed by atoms with Gasteiger partial charge in [0.05, 0.1) is 13.2 Å². The van der Waals surface area contributed by atoms with Crippen LogP contribution in [0.25, 0.3) is 0 Å². The second-order valence-corrected chi connectivity index (χ2v) is 2.04. The summed E-state index contributed by atoms with van der Waals surface area (Å²) in [4.78, 5) is 10.9. The molecule has 1 heterocycles. The van der Waals surface area contributed by atoms with E-state index in [1.54, 1.807) is 0 Å². The summed E-state index contributed by atoms with van der Waals surface area (Å²) in [6, 6.07) is 0. The molecule has 0 aliphatic carbocycles. The third kappa shape index (κ3) is 2.45. The average Bonchev–Trinajstić information content (AvgIpc) is 2.52. The Labute approximate surface area is 63.9 Å². The van der Waals surface area contributed by atoms with Gasteiger partial charge in [0, 0.05) is 0 Å². The Hall–Kier alpha value is -0.650. The highest BCUT2D eigenvalue weighted by atomic mass is 16.7. The molecular formula is C6H10O5. The van der Waals surface area contributed by atoms with Gasteiger partial charge in [0.25, 0.3) is 0 Å². The summed E-state index contributed by atoms with van der Waals surface area (Å²) in [5.41, 5.74) is 0. The van der Waals surface area contributed by atoms with Crippen molar-refractivity contribution in [3.63, 3.8) is 0 Å². The van der Waals surface area contributed by atoms with Crippen molar-refractivity contribution in [1.29, 1.82) is 0 Å². The summed E-state index contributed by atoms with van der Waals surface area (Å²) in [5, 5.41) is 8.31. The summed E-state index contributed by atoms with van der Waals surface area (Å²) < 4.78 is 14.2. The lowest BCUT2D eigenvalue weighted by molar-refractivity contribution is -0.154. The maximum absolute atomic E-state index is 10.9. The van der Waals surface area contributed by atoms with Crippen LogP contribution < -0.4 is 0 Å². The lowest BCUT2D eigenvalue weighted by Gasteiger charge is -2.05. The van der Waals surface area contributed by atoms with Crippen molar-refractivity contribution in [1.82, 2.24) is 0 Å². The highest BCUT2D eigenvalue weighted by Gasteiger charge is 2.25. The van der Waals surface area contributed by atoms with Crippen molar-refractivity contribution < 1.29 is 24.1 Å². The van der Waals surface area contributed by atoms with E-state index in [1.807, 2.05) is 0 Å². The van der Waals surface area contributed by atoms with Gasteiger partial charge in [-0.3, -0.25) is 0 Å². The predicted octanol–water partition coefficient (Wildman–Crippen LogP) is -1.11. The molecule has 1 saturated heterocycles. The normalized spacial score (nSPS) is 23.5. The maximum Gasteiger partial charge on any atom is 0.337 e. The molecule has 1 rings (SSSR count). The summed E-state index contributed by atoms with van der Waals surface area (Å²) in [7, 11) is 0. The van der Waals surface area contributed by atoms with Crippen LogP contribution in [0.5, 0.6) is 0 Å². The lowest BCUT2D eigenvalue weighted by atomic mass is 10.4. The Kier molecular flexibility index (Phi) is 3.28. The molecule has 64 valence electrons. The number of esters is 1. The minimum Gasteiger partial charge on any atom is -0.461 e. The topological polar surface area (TPSA) is 65.0 Å². The molecule has 0 aromatic rings. The van der Waals surface area contributed by atoms with Crippen molar-refractivity contribution in [3.8, 4) is 0 Å². The molecule has 0 spiro atoms. The maximum atomic E-state index is 10.9.